The number of nitrogens with zero attached hydrogens (tertiary/aromatic N) is 15. The van der Waals surface area contributed by atoms with E-state index in [0.29, 0.717) is 23.2 Å². The van der Waals surface area contributed by atoms with E-state index < -0.39 is 35.4 Å². The molecule has 0 atom stereocenters. The number of thiophene rings is 1. The Kier molecular flexibility index (Phi) is 42.6. The van der Waals surface area contributed by atoms with Gasteiger partial charge in [0.05, 0.1) is 19.0 Å². The predicted octanol–water partition coefficient (Wildman–Crippen LogP) is 27.1. The van der Waals surface area contributed by atoms with Crippen molar-refractivity contribution in [2.75, 3.05) is 0 Å². The van der Waals surface area contributed by atoms with Crippen molar-refractivity contribution < 1.29 is 156 Å². The average Bonchev–Trinajstić information content (AvgIpc) is 1.61. The number of imidazole rings is 5. The predicted molar refractivity (Wildman–Crippen MR) is 514 cm³/mol. The molecule has 0 aliphatic rings. The number of hydrogen-bond acceptors (Lipinski definition) is 11. The number of halogens is 8. The van der Waals surface area contributed by atoms with E-state index in [2.05, 4.69) is 134 Å². The van der Waals surface area contributed by atoms with E-state index in [1.54, 1.807) is 78.7 Å². The SMILES string of the molecule is FC(F)(F)c1nc(-c2[c-]cccc2)c2ccccn12.Fc1c[c-]c(-c2cc(C(F)(F)F)ccn2)c(F)c1.[Ir].[Ir].[Ir].[Ir].[Ir].[Ir].[c-]1ccccc1-c1ccccn1.[c-]1ccccc1-c1ccccn1.[c-]1ccccc1-c1nccc2ccccc12.[c-]1ccccc1-c1ncn2ccccc12.[c-]1ccccc1-c1ncn2ccccc12.[c-]1ccccc1-c1ncn2ccncc12.[c-]1cscc1-c1cn2ccccc2n1. The standard InChI is InChI=1S/C15H10N.C14H8F3N2.2C13H9N2.C12H5F5N.C12H8N3.C11H7N2S.2C11H8N.6Ir/c1-2-7-13(8-3-1)15-14-9-5-4-6-12(14)10-11-16-15;15-14(16,17)13-18-12(10-6-2-1-3-7-10)11-8-4-5-9-19(11)13;2*1-2-6-11(7-3-1)13-12-8-4-5-9-15(12)10-14-13;13-8-1-2-9(10(14)6-8)11-5-7(3-4-18-11)12(15,16)17;1-2-4-10(5-3-1)12-11-8-13-6-7-15(11)9-14-12;1-2-5-13-7-10(12-11(13)3-1)9-4-6-14-8-9;2*1-2-6-10(7-3-1)11-8-4-5-9-12-11;;;;;;/h1-7,9-11H;1-6,8-9H;2*1-6,8-10H;1,3-6H;1-4,6-9H;1-3,5-8H;2*1-6,8-9H;;;;;;/q9*-1;;;;;;. The van der Waals surface area contributed by atoms with E-state index in [-0.39, 0.29) is 138 Å². The van der Waals surface area contributed by atoms with Crippen molar-refractivity contribution in [1.82, 2.24) is 71.8 Å². The maximum absolute atomic E-state index is 13.4. The van der Waals surface area contributed by atoms with Gasteiger partial charge in [-0.1, -0.05) is 95.9 Å². The first-order chi connectivity index (χ1) is 66.6. The Morgan fingerprint density at radius 3 is 1.21 bits per heavy atom. The van der Waals surface area contributed by atoms with Crippen LogP contribution in [0.3, 0.4) is 0 Å². The summed E-state index contributed by atoms with van der Waals surface area (Å²) in [5, 5.41) is 6.39. The minimum Gasteiger partial charge on any atom is -0.320 e. The van der Waals surface area contributed by atoms with Crippen LogP contribution in [0.2, 0.25) is 0 Å². The third-order valence-electron chi connectivity index (χ3n) is 20.1. The van der Waals surface area contributed by atoms with Crippen LogP contribution >= 0.6 is 11.3 Å². The van der Waals surface area contributed by atoms with Crippen molar-refractivity contribution in [3.05, 3.63) is 515 Å². The fourth-order valence-electron chi connectivity index (χ4n) is 13.8. The molecule has 0 saturated heterocycles. The Hall–Kier alpha value is -13.7. The summed E-state index contributed by atoms with van der Waals surface area (Å²) in [6.07, 6.45) is 17.5. The molecule has 0 unspecified atom stereocenters. The molecule has 24 aromatic rings. The second-order valence-corrected chi connectivity index (χ2v) is 29.9. The van der Waals surface area contributed by atoms with Gasteiger partial charge < -0.3 is 41.9 Å². The topological polar surface area (TPSA) is 151 Å². The van der Waals surface area contributed by atoms with E-state index in [4.69, 9.17) is 0 Å². The summed E-state index contributed by atoms with van der Waals surface area (Å²) in [7, 11) is 0. The molecular weight excluding hydrogens is 2890 g/mol. The molecule has 6 radical (unpaired) electrons. The monoisotopic (exact) mass is 2970 g/mol. The van der Waals surface area contributed by atoms with Gasteiger partial charge in [0, 0.05) is 251 Å². The van der Waals surface area contributed by atoms with Crippen molar-refractivity contribution >= 4 is 49.8 Å². The molecule has 9 aromatic carbocycles. The number of pyridine rings is 8. The van der Waals surface area contributed by atoms with Crippen LogP contribution in [0.15, 0.2) is 438 Å². The van der Waals surface area contributed by atoms with Crippen molar-refractivity contribution in [3.8, 4) is 101 Å². The van der Waals surface area contributed by atoms with E-state index in [9.17, 15) is 35.1 Å². The fraction of sp³-hybridized carbons (Fsp3) is 0.0179. The third-order valence-corrected chi connectivity index (χ3v) is 20.8. The maximum atomic E-state index is 13.4. The molecule has 0 aliphatic carbocycles. The molecule has 142 heavy (non-hydrogen) atoms. The normalized spacial score (nSPS) is 10.3. The number of hydrogen-bond donors (Lipinski definition) is 0. The van der Waals surface area contributed by atoms with Crippen LogP contribution in [0.1, 0.15) is 11.4 Å². The maximum Gasteiger partial charge on any atom is 0.449 e. The van der Waals surface area contributed by atoms with Gasteiger partial charge in [-0.3, -0.25) is 38.7 Å². The molecule has 15 heterocycles. The van der Waals surface area contributed by atoms with Gasteiger partial charge >= 0.3 is 12.4 Å². The summed E-state index contributed by atoms with van der Waals surface area (Å²) in [4.78, 5) is 42.0. The van der Waals surface area contributed by atoms with Crippen LogP contribution in [0, 0.1) is 66.2 Å². The van der Waals surface area contributed by atoms with Gasteiger partial charge in [0.15, 0.2) is 0 Å². The molecule has 0 saturated carbocycles. The van der Waals surface area contributed by atoms with Crippen LogP contribution in [0.25, 0.3) is 140 Å². The van der Waals surface area contributed by atoms with Gasteiger partial charge in [-0.2, -0.15) is 38.0 Å². The summed E-state index contributed by atoms with van der Waals surface area (Å²) in [6, 6.07) is 129. The zero-order chi connectivity index (χ0) is 93.7. The Bertz CT molecular complexity index is 7420. The second-order valence-electron chi connectivity index (χ2n) is 29.1. The Balaban J connectivity index is 0.000000164. The van der Waals surface area contributed by atoms with E-state index in [1.807, 2.05) is 322 Å². The van der Waals surface area contributed by atoms with E-state index in [0.717, 1.165) is 124 Å². The van der Waals surface area contributed by atoms with Gasteiger partial charge in [0.1, 0.15) is 5.65 Å². The van der Waals surface area contributed by atoms with E-state index in [1.165, 1.54) is 17.0 Å². The van der Waals surface area contributed by atoms with Gasteiger partial charge in [-0.15, -0.1) is 269 Å². The van der Waals surface area contributed by atoms with Gasteiger partial charge in [0.25, 0.3) is 0 Å². The van der Waals surface area contributed by atoms with Crippen LogP contribution in [-0.2, 0) is 133 Å². The average molecular weight is 2970 g/mol. The number of fused-ring (bicyclic) bond motifs is 6. The minimum absolute atomic E-state index is 0. The van der Waals surface area contributed by atoms with Crippen molar-refractivity contribution in [1.29, 1.82) is 0 Å². The van der Waals surface area contributed by atoms with Crippen molar-refractivity contribution in [2.45, 2.75) is 12.4 Å². The quantitative estimate of drug-likeness (QED) is 0.101. The van der Waals surface area contributed by atoms with E-state index >= 15 is 0 Å². The number of benzene rings is 9. The molecule has 15 aromatic heterocycles. The second kappa shape index (κ2) is 54.9. The minimum atomic E-state index is -4.55. The number of alkyl halides is 6. The third kappa shape index (κ3) is 29.5. The summed E-state index contributed by atoms with van der Waals surface area (Å²) >= 11 is 1.64. The first kappa shape index (κ1) is 110. The number of aromatic nitrogens is 15. The Morgan fingerprint density at radius 2 is 0.739 bits per heavy atom. The first-order valence-electron chi connectivity index (χ1n) is 42.0. The molecular formula is C112H72F8Ir6N15S-9. The molecule has 0 N–H and O–H groups in total. The first-order valence-corrected chi connectivity index (χ1v) is 42.9. The molecule has 0 fully saturated rings. The molecule has 0 spiro atoms. The Morgan fingerprint density at radius 1 is 0.303 bits per heavy atom. The fourth-order valence-corrected chi connectivity index (χ4v) is 14.4. The van der Waals surface area contributed by atoms with Gasteiger partial charge in [-0.05, 0) is 118 Å². The zero-order valence-electron chi connectivity index (χ0n) is 73.7. The summed E-state index contributed by atoms with van der Waals surface area (Å²) in [5.41, 5.74) is 18.0. The van der Waals surface area contributed by atoms with Crippen molar-refractivity contribution in [3.63, 3.8) is 0 Å². The van der Waals surface area contributed by atoms with Crippen LogP contribution in [0.4, 0.5) is 35.1 Å². The molecule has 15 nitrogen and oxygen atoms in total. The molecule has 30 heteroatoms. The van der Waals surface area contributed by atoms with Crippen LogP contribution in [0.5, 0.6) is 0 Å². The van der Waals surface area contributed by atoms with Gasteiger partial charge in [0.2, 0.25) is 5.82 Å². The van der Waals surface area contributed by atoms with Gasteiger partial charge in [-0.25, -0.2) is 11.3 Å². The summed E-state index contributed by atoms with van der Waals surface area (Å²) in [6.45, 7) is 0. The Labute approximate surface area is 897 Å². The van der Waals surface area contributed by atoms with Crippen molar-refractivity contribution in [2.24, 2.45) is 0 Å². The largest absolute Gasteiger partial charge is 0.449 e. The molecule has 0 amide bonds. The zero-order valence-corrected chi connectivity index (χ0v) is 88.9. The number of rotatable bonds is 9. The molecule has 24 rings (SSSR count). The molecule has 0 aliphatic heterocycles. The van der Waals surface area contributed by atoms with Crippen LogP contribution in [-0.4, -0.2) is 71.8 Å². The molecule has 0 bridgehead atoms. The smallest absolute Gasteiger partial charge is 0.320 e. The van der Waals surface area contributed by atoms with Crippen LogP contribution < -0.4 is 0 Å². The summed E-state index contributed by atoms with van der Waals surface area (Å²) in [5.74, 6) is -2.79. The summed E-state index contributed by atoms with van der Waals surface area (Å²) < 4.78 is 111. The molecule has 720 valence electrons.